The van der Waals surface area contributed by atoms with Crippen LogP contribution in [0.4, 0.5) is 0 Å². The second kappa shape index (κ2) is 7.06. The highest BCUT2D eigenvalue weighted by atomic mass is 32.1. The van der Waals surface area contributed by atoms with Crippen molar-refractivity contribution in [2.75, 3.05) is 0 Å². The molecule has 1 N–H and O–H groups in total. The van der Waals surface area contributed by atoms with Gasteiger partial charge in [-0.15, -0.1) is 22.7 Å². The Labute approximate surface area is 144 Å². The summed E-state index contributed by atoms with van der Waals surface area (Å²) in [6, 6.07) is 12.2. The number of carbonyl (C=O) groups excluding carboxylic acids is 1. The average Bonchev–Trinajstić information content (AvgIpc) is 3.16. The molecule has 2 heterocycles. The van der Waals surface area contributed by atoms with E-state index in [2.05, 4.69) is 23.3 Å². The number of nitrogens with zero attached hydrogens (tertiary/aromatic N) is 1. The number of carbonyl (C=O) groups is 1. The number of nitrogens with one attached hydrogen (secondary N) is 1. The van der Waals surface area contributed by atoms with Gasteiger partial charge in [-0.2, -0.15) is 0 Å². The predicted molar refractivity (Wildman–Crippen MR) is 96.9 cm³/mol. The Balaban J connectivity index is 1.68. The molecule has 23 heavy (non-hydrogen) atoms. The third-order valence-electron chi connectivity index (χ3n) is 3.62. The van der Waals surface area contributed by atoms with E-state index in [1.54, 1.807) is 22.7 Å². The SMILES string of the molecule is Cc1nc(-c2cccs2)c(CC(=O)NCc2ccccc2C)s1. The Morgan fingerprint density at radius 2 is 2.00 bits per heavy atom. The Bertz CT molecular complexity index is 806. The molecule has 118 valence electrons. The first-order valence-corrected chi connectivity index (χ1v) is 9.14. The van der Waals surface area contributed by atoms with Gasteiger partial charge in [0.2, 0.25) is 5.91 Å². The summed E-state index contributed by atoms with van der Waals surface area (Å²) in [6.45, 7) is 4.61. The minimum atomic E-state index is 0.0368. The van der Waals surface area contributed by atoms with Gasteiger partial charge in [-0.3, -0.25) is 4.79 Å². The van der Waals surface area contributed by atoms with Gasteiger partial charge in [0.05, 0.1) is 22.0 Å². The highest BCUT2D eigenvalue weighted by molar-refractivity contribution is 7.15. The molecule has 0 unspecified atom stereocenters. The molecule has 3 rings (SSSR count). The molecule has 5 heteroatoms. The summed E-state index contributed by atoms with van der Waals surface area (Å²) in [5, 5.41) is 6.04. The summed E-state index contributed by atoms with van der Waals surface area (Å²) in [5.41, 5.74) is 3.30. The van der Waals surface area contributed by atoms with Crippen LogP contribution in [-0.2, 0) is 17.8 Å². The molecule has 0 radical (unpaired) electrons. The minimum Gasteiger partial charge on any atom is -0.352 e. The predicted octanol–water partition coefficient (Wildman–Crippen LogP) is 4.35. The van der Waals surface area contributed by atoms with E-state index in [1.807, 2.05) is 42.6 Å². The number of benzene rings is 1. The van der Waals surface area contributed by atoms with E-state index < -0.39 is 0 Å². The van der Waals surface area contributed by atoms with E-state index >= 15 is 0 Å². The summed E-state index contributed by atoms with van der Waals surface area (Å²) >= 11 is 3.26. The summed E-state index contributed by atoms with van der Waals surface area (Å²) in [5.74, 6) is 0.0368. The second-order valence-corrected chi connectivity index (χ2v) is 7.60. The molecular weight excluding hydrogens is 324 g/mol. The van der Waals surface area contributed by atoms with Crippen LogP contribution >= 0.6 is 22.7 Å². The van der Waals surface area contributed by atoms with Crippen LogP contribution in [0.5, 0.6) is 0 Å². The lowest BCUT2D eigenvalue weighted by atomic mass is 10.1. The number of aromatic nitrogens is 1. The number of aryl methyl sites for hydroxylation is 2. The van der Waals surface area contributed by atoms with Gasteiger partial charge in [-0.05, 0) is 36.4 Å². The largest absolute Gasteiger partial charge is 0.352 e. The van der Waals surface area contributed by atoms with Gasteiger partial charge < -0.3 is 5.32 Å². The average molecular weight is 342 g/mol. The lowest BCUT2D eigenvalue weighted by molar-refractivity contribution is -0.120. The second-order valence-electron chi connectivity index (χ2n) is 5.36. The number of hydrogen-bond donors (Lipinski definition) is 1. The Kier molecular flexibility index (Phi) is 4.88. The van der Waals surface area contributed by atoms with Crippen LogP contribution < -0.4 is 5.32 Å². The zero-order valence-electron chi connectivity index (χ0n) is 13.1. The van der Waals surface area contributed by atoms with Crippen molar-refractivity contribution in [2.45, 2.75) is 26.8 Å². The van der Waals surface area contributed by atoms with Crippen LogP contribution in [0.1, 0.15) is 21.0 Å². The van der Waals surface area contributed by atoms with Gasteiger partial charge in [0.1, 0.15) is 0 Å². The Hall–Kier alpha value is -1.98. The normalized spacial score (nSPS) is 10.7. The van der Waals surface area contributed by atoms with Crippen molar-refractivity contribution in [3.05, 3.63) is 62.8 Å². The lowest BCUT2D eigenvalue weighted by Crippen LogP contribution is -2.24. The van der Waals surface area contributed by atoms with Gasteiger partial charge in [-0.25, -0.2) is 4.98 Å². The van der Waals surface area contributed by atoms with Crippen molar-refractivity contribution in [3.63, 3.8) is 0 Å². The standard InChI is InChI=1S/C18H18N2OS2/c1-12-6-3-4-7-14(12)11-19-17(21)10-16-18(20-13(2)23-16)15-8-5-9-22-15/h3-9H,10-11H2,1-2H3,(H,19,21). The summed E-state index contributed by atoms with van der Waals surface area (Å²) in [6.07, 6.45) is 0.380. The van der Waals surface area contributed by atoms with Crippen molar-refractivity contribution in [2.24, 2.45) is 0 Å². The maximum absolute atomic E-state index is 12.3. The van der Waals surface area contributed by atoms with Gasteiger partial charge in [0.25, 0.3) is 0 Å². The number of rotatable bonds is 5. The molecule has 0 aliphatic carbocycles. The first-order chi connectivity index (χ1) is 11.1. The molecule has 1 aromatic carbocycles. The van der Waals surface area contributed by atoms with Crippen molar-refractivity contribution in [1.29, 1.82) is 0 Å². The summed E-state index contributed by atoms with van der Waals surface area (Å²) in [4.78, 5) is 19.0. The third-order valence-corrected chi connectivity index (χ3v) is 5.46. The molecule has 3 aromatic rings. The van der Waals surface area contributed by atoms with E-state index in [4.69, 9.17) is 0 Å². The van der Waals surface area contributed by atoms with E-state index in [9.17, 15) is 4.79 Å². The summed E-state index contributed by atoms with van der Waals surface area (Å²) < 4.78 is 0. The van der Waals surface area contributed by atoms with E-state index in [-0.39, 0.29) is 5.91 Å². The molecule has 0 aliphatic rings. The zero-order valence-corrected chi connectivity index (χ0v) is 14.8. The van der Waals surface area contributed by atoms with Crippen LogP contribution in [0.3, 0.4) is 0 Å². The van der Waals surface area contributed by atoms with Crippen molar-refractivity contribution >= 4 is 28.6 Å². The van der Waals surface area contributed by atoms with Crippen molar-refractivity contribution in [1.82, 2.24) is 10.3 Å². The molecule has 0 atom stereocenters. The van der Waals surface area contributed by atoms with E-state index in [1.165, 1.54) is 5.56 Å². The molecular formula is C18H18N2OS2. The monoisotopic (exact) mass is 342 g/mol. The molecule has 0 saturated heterocycles. The molecule has 1 amide bonds. The fourth-order valence-corrected chi connectivity index (χ4v) is 4.16. The number of thiophene rings is 1. The van der Waals surface area contributed by atoms with E-state index in [0.29, 0.717) is 13.0 Å². The van der Waals surface area contributed by atoms with Gasteiger partial charge in [0, 0.05) is 11.4 Å². The fraction of sp³-hybridized carbons (Fsp3) is 0.222. The number of thiazole rings is 1. The first-order valence-electron chi connectivity index (χ1n) is 7.45. The topological polar surface area (TPSA) is 42.0 Å². The highest BCUT2D eigenvalue weighted by Gasteiger charge is 2.15. The fourth-order valence-electron chi connectivity index (χ4n) is 2.41. The molecule has 0 fully saturated rings. The Morgan fingerprint density at radius 1 is 1.17 bits per heavy atom. The van der Waals surface area contributed by atoms with Crippen molar-refractivity contribution in [3.8, 4) is 10.6 Å². The van der Waals surface area contributed by atoms with E-state index in [0.717, 1.165) is 26.0 Å². The number of amides is 1. The minimum absolute atomic E-state index is 0.0368. The highest BCUT2D eigenvalue weighted by Crippen LogP contribution is 2.31. The molecule has 0 spiro atoms. The molecule has 0 bridgehead atoms. The first kappa shape index (κ1) is 15.9. The molecule has 3 nitrogen and oxygen atoms in total. The van der Waals surface area contributed by atoms with Crippen molar-refractivity contribution < 1.29 is 4.79 Å². The summed E-state index contributed by atoms with van der Waals surface area (Å²) in [7, 11) is 0. The van der Waals surface area contributed by atoms with Gasteiger partial charge in [-0.1, -0.05) is 30.3 Å². The smallest absolute Gasteiger partial charge is 0.225 e. The van der Waals surface area contributed by atoms with Crippen LogP contribution in [0.2, 0.25) is 0 Å². The molecule has 0 saturated carbocycles. The number of hydrogen-bond acceptors (Lipinski definition) is 4. The lowest BCUT2D eigenvalue weighted by Gasteiger charge is -2.07. The quantitative estimate of drug-likeness (QED) is 0.749. The Morgan fingerprint density at radius 3 is 2.74 bits per heavy atom. The molecule has 2 aromatic heterocycles. The zero-order chi connectivity index (χ0) is 16.2. The maximum atomic E-state index is 12.3. The van der Waals surface area contributed by atoms with Crippen LogP contribution in [0.25, 0.3) is 10.6 Å². The maximum Gasteiger partial charge on any atom is 0.225 e. The van der Waals surface area contributed by atoms with Crippen LogP contribution in [0, 0.1) is 13.8 Å². The van der Waals surface area contributed by atoms with Gasteiger partial charge in [0.15, 0.2) is 0 Å². The van der Waals surface area contributed by atoms with Gasteiger partial charge >= 0.3 is 0 Å². The third kappa shape index (κ3) is 3.86. The van der Waals surface area contributed by atoms with Crippen LogP contribution in [-0.4, -0.2) is 10.9 Å². The van der Waals surface area contributed by atoms with Crippen LogP contribution in [0.15, 0.2) is 41.8 Å². The molecule has 0 aliphatic heterocycles.